The average Bonchev–Trinajstić information content (AvgIpc) is 0.865. The van der Waals surface area contributed by atoms with Crippen molar-refractivity contribution in [1.29, 1.82) is 0 Å². The summed E-state index contributed by atoms with van der Waals surface area (Å²) in [5.41, 5.74) is -2.65. The Morgan fingerprint density at radius 2 is 0.486 bits per heavy atom. The lowest BCUT2D eigenvalue weighted by Crippen LogP contribution is -2.43. The molecule has 0 aromatic carbocycles. The number of carboxylic acids is 3. The van der Waals surface area contributed by atoms with Crippen LogP contribution in [0, 0.1) is 0 Å². The van der Waals surface area contributed by atoms with Gasteiger partial charge in [-0.25, -0.2) is 19.2 Å². The second kappa shape index (κ2) is 41.6. The monoisotopic (exact) mass is 1720 g/mol. The van der Waals surface area contributed by atoms with Gasteiger partial charge in [-0.15, -0.1) is 0 Å². The highest BCUT2D eigenvalue weighted by Gasteiger charge is 2.63. The molecule has 0 aliphatic heterocycles. The van der Waals surface area contributed by atoms with Crippen LogP contribution in [0.5, 0.6) is 0 Å². The van der Waals surface area contributed by atoms with E-state index in [-0.39, 0.29) is 0 Å². The number of aliphatic carboxylic acids is 3. The van der Waals surface area contributed by atoms with E-state index < -0.39 is 293 Å². The third-order valence-electron chi connectivity index (χ3n) is 10.7. The highest BCUT2D eigenvalue weighted by Crippen LogP contribution is 2.42. The molecule has 0 amide bonds. The first-order chi connectivity index (χ1) is 48.3. The van der Waals surface area contributed by atoms with Crippen LogP contribution in [-0.4, -0.2) is 283 Å². The number of hydrogen-bond acceptors (Lipinski definition) is 18. The van der Waals surface area contributed by atoms with E-state index in [1.807, 2.05) is 0 Å². The standard InChI is InChI=1S/C33H30F30O12.C9H10F10O3.C6H6O6/c34-22(35,28(46,47)48)9-67-3-16(4-68-10-23(36,37)29(49,50)51)73-19(64)1-15(21(66)75-18(7-71-13-26(42,43)32(58,59)60)8-72-14-27(44,45)33(61,62)63)2-20(65)74-17(5-69-11-24(38,39)30(52,53)54)6-70-12-25(40,41)31(55,56)57;10-6(11,8(14,15)16)3-21-1-5(20)2-22-4-7(12,13)9(17,18)19;7-4(8)1-3(6(11)12)2-5(9)10/h1,16-18H,2-14H2;5,20H,1-4H2;1H,2H2,(H,7,8)(H,9,10)(H,11,12)/b15-1-;;3-1-. The molecule has 0 aromatic heterocycles. The van der Waals surface area contributed by atoms with Gasteiger partial charge < -0.3 is 72.5 Å². The number of halogens is 40. The fraction of sp³-hybridized carbons (Fsp3) is 0.792. The lowest BCUT2D eigenvalue weighted by Gasteiger charge is -2.25. The third kappa shape index (κ3) is 40.3. The minimum Gasteiger partial charge on any atom is -0.481 e. The van der Waals surface area contributed by atoms with Gasteiger partial charge in [0, 0.05) is 12.2 Å². The van der Waals surface area contributed by atoms with Crippen molar-refractivity contribution in [3.05, 3.63) is 23.3 Å². The zero-order chi connectivity index (χ0) is 86.8. The van der Waals surface area contributed by atoms with E-state index in [0.29, 0.717) is 6.08 Å². The maximum absolute atomic E-state index is 13.4. The Balaban J connectivity index is -0.00000268. The van der Waals surface area contributed by atoms with Gasteiger partial charge >= 0.3 is 133 Å². The highest BCUT2D eigenvalue weighted by atomic mass is 19.5. The molecule has 0 spiro atoms. The molecule has 0 rings (SSSR count). The Labute approximate surface area is 576 Å². The van der Waals surface area contributed by atoms with Crippen molar-refractivity contribution >= 4 is 35.8 Å². The summed E-state index contributed by atoms with van der Waals surface area (Å²) in [7, 11) is 0. The zero-order valence-electron chi connectivity index (χ0n) is 52.0. The molecule has 0 saturated heterocycles. The van der Waals surface area contributed by atoms with E-state index in [2.05, 4.69) is 52.1 Å². The topological polar surface area (TPSA) is 285 Å². The molecular weight excluding hydrogens is 1670 g/mol. The smallest absolute Gasteiger partial charge is 0.455 e. The Kier molecular flexibility index (Phi) is 40.6. The summed E-state index contributed by atoms with van der Waals surface area (Å²) in [5.74, 6) is -57.5. The molecular formula is C48H46F40O21. The van der Waals surface area contributed by atoms with Gasteiger partial charge in [0.1, 0.15) is 77.3 Å². The van der Waals surface area contributed by atoms with E-state index in [9.17, 15) is 204 Å². The maximum atomic E-state index is 13.4. The quantitative estimate of drug-likeness (QED) is 0.0191. The lowest BCUT2D eigenvalue weighted by molar-refractivity contribution is -0.301. The Bertz CT molecular complexity index is 2750. The molecule has 0 radical (unpaired) electrons. The number of aliphatic hydroxyl groups is 1. The fourth-order valence-electron chi connectivity index (χ4n) is 5.24. The van der Waals surface area contributed by atoms with Crippen molar-refractivity contribution < 1.29 is 277 Å². The van der Waals surface area contributed by atoms with Crippen LogP contribution in [0.2, 0.25) is 0 Å². The molecule has 0 bridgehead atoms. The Morgan fingerprint density at radius 3 is 0.688 bits per heavy atom. The molecule has 0 heterocycles. The highest BCUT2D eigenvalue weighted by molar-refractivity contribution is 6.00. The van der Waals surface area contributed by atoms with Crippen LogP contribution in [0.25, 0.3) is 0 Å². The second-order valence-corrected chi connectivity index (χ2v) is 20.3. The largest absolute Gasteiger partial charge is 0.481 e. The summed E-state index contributed by atoms with van der Waals surface area (Å²) in [5, 5.41) is 33.5. The van der Waals surface area contributed by atoms with Crippen molar-refractivity contribution in [3.8, 4) is 0 Å². The second-order valence-electron chi connectivity index (χ2n) is 20.3. The zero-order valence-corrected chi connectivity index (χ0v) is 52.0. The summed E-state index contributed by atoms with van der Waals surface area (Å²) < 4.78 is 552. The van der Waals surface area contributed by atoms with Crippen LogP contribution in [-0.2, 0) is 80.9 Å². The number of aliphatic hydroxyl groups excluding tert-OH is 1. The van der Waals surface area contributed by atoms with Crippen LogP contribution in [0.15, 0.2) is 23.3 Å². The predicted molar refractivity (Wildman–Crippen MR) is 259 cm³/mol. The van der Waals surface area contributed by atoms with E-state index in [0.717, 1.165) is 0 Å². The first-order valence-electron chi connectivity index (χ1n) is 26.8. The molecule has 61 heteroatoms. The minimum absolute atomic E-state index is 0.358. The summed E-state index contributed by atoms with van der Waals surface area (Å²) in [4.78, 5) is 69.1. The minimum atomic E-state index is -6.49. The van der Waals surface area contributed by atoms with Crippen molar-refractivity contribution in [2.24, 2.45) is 0 Å². The van der Waals surface area contributed by atoms with E-state index >= 15 is 0 Å². The van der Waals surface area contributed by atoms with Gasteiger partial charge in [-0.2, -0.15) is 176 Å². The van der Waals surface area contributed by atoms with E-state index in [1.54, 1.807) is 0 Å². The van der Waals surface area contributed by atoms with Crippen molar-refractivity contribution in [2.75, 3.05) is 106 Å². The van der Waals surface area contributed by atoms with Crippen LogP contribution in [0.4, 0.5) is 176 Å². The summed E-state index contributed by atoms with van der Waals surface area (Å²) in [6.45, 7) is -35.6. The van der Waals surface area contributed by atoms with Crippen LogP contribution < -0.4 is 0 Å². The Hall–Kier alpha value is -6.86. The number of ether oxygens (including phenoxy) is 11. The first kappa shape index (κ1) is 106. The number of alkyl halides is 40. The van der Waals surface area contributed by atoms with E-state index in [4.69, 9.17) is 20.4 Å². The molecule has 0 aromatic rings. The average molecular weight is 1720 g/mol. The number of rotatable bonds is 43. The van der Waals surface area contributed by atoms with Gasteiger partial charge in [-0.3, -0.25) is 9.59 Å². The molecule has 109 heavy (non-hydrogen) atoms. The molecule has 0 saturated carbocycles. The molecule has 0 aliphatic rings. The number of hydrogen-bond donors (Lipinski definition) is 4. The normalized spacial score (nSPS) is 14.4. The van der Waals surface area contributed by atoms with Crippen LogP contribution >= 0.6 is 0 Å². The maximum Gasteiger partial charge on any atom is 0.455 e. The molecule has 0 aliphatic carbocycles. The molecule has 4 N–H and O–H groups in total. The molecule has 0 unspecified atom stereocenters. The van der Waals surface area contributed by atoms with Gasteiger partial charge in [0.05, 0.1) is 76.8 Å². The molecule has 644 valence electrons. The Morgan fingerprint density at radius 1 is 0.275 bits per heavy atom. The van der Waals surface area contributed by atoms with Gasteiger partial charge in [0.2, 0.25) is 0 Å². The van der Waals surface area contributed by atoms with Crippen molar-refractivity contribution in [2.45, 2.75) is 134 Å². The molecule has 0 atom stereocenters. The van der Waals surface area contributed by atoms with Crippen molar-refractivity contribution in [1.82, 2.24) is 0 Å². The fourth-order valence-corrected chi connectivity index (χ4v) is 5.24. The van der Waals surface area contributed by atoms with Gasteiger partial charge in [0.15, 0.2) is 0 Å². The lowest BCUT2D eigenvalue weighted by atomic mass is 10.1. The molecule has 0 fully saturated rings. The van der Waals surface area contributed by atoms with Crippen LogP contribution in [0.3, 0.4) is 0 Å². The summed E-state index contributed by atoms with van der Waals surface area (Å²) >= 11 is 0. The van der Waals surface area contributed by atoms with Crippen molar-refractivity contribution in [3.63, 3.8) is 0 Å². The number of carboxylic acid groups (broad SMARTS) is 3. The third-order valence-corrected chi connectivity index (χ3v) is 10.7. The number of carbonyl (C=O) groups is 6. The summed E-state index contributed by atoms with van der Waals surface area (Å²) in [6, 6.07) is 0. The number of esters is 3. The summed E-state index contributed by atoms with van der Waals surface area (Å²) in [6.07, 6.45) is -64.5. The van der Waals surface area contributed by atoms with E-state index in [1.165, 1.54) is 0 Å². The first-order valence-corrected chi connectivity index (χ1v) is 26.8. The number of carbonyl (C=O) groups excluding carboxylic acids is 3. The van der Waals surface area contributed by atoms with Gasteiger partial charge in [-0.1, -0.05) is 0 Å². The predicted octanol–water partition coefficient (Wildman–Crippen LogP) is 11.7. The van der Waals surface area contributed by atoms with Crippen LogP contribution in [0.1, 0.15) is 12.8 Å². The van der Waals surface area contributed by atoms with Gasteiger partial charge in [0.25, 0.3) is 0 Å². The molecule has 21 nitrogen and oxygen atoms in total. The van der Waals surface area contributed by atoms with Gasteiger partial charge in [-0.05, 0) is 0 Å². The SMILES string of the molecule is O=C(/C=C(/CC(=O)OC(COCC(F)(F)C(F)(F)F)COCC(F)(F)C(F)(F)F)C(=O)OC(COCC(F)(F)C(F)(F)F)COCC(F)(F)C(F)(F)F)OC(COCC(F)(F)C(F)(F)F)COCC(F)(F)C(F)(F)F.O=C(O)/C=C(/CC(=O)O)C(=O)O.OC(COCC(F)(F)C(F)(F)F)COCC(F)(F)C(F)(F)F.